The number of nitrogens with zero attached hydrogens (tertiary/aromatic N) is 3. The number of hydrogen-bond donors (Lipinski definition) is 1. The molecule has 0 unspecified atom stereocenters. The number of nitrogens with two attached hydrogens (primary N) is 1. The molecular formula is C6H16N4O2. The first kappa shape index (κ1) is 11.2. The lowest BCUT2D eigenvalue weighted by atomic mass is 10.9. The zero-order chi connectivity index (χ0) is 9.72. The van der Waals surface area contributed by atoms with Crippen LogP contribution in [0.25, 0.3) is 0 Å². The molecule has 0 bridgehead atoms. The van der Waals surface area contributed by atoms with E-state index in [1.54, 1.807) is 28.1 Å². The van der Waals surface area contributed by atoms with Gasteiger partial charge in [0.15, 0.2) is 0 Å². The Morgan fingerprint density at radius 3 is 2.17 bits per heavy atom. The van der Waals surface area contributed by atoms with Crippen LogP contribution < -0.4 is 5.84 Å². The Bertz CT molecular complexity index is 140. The number of carbonyl (C=O) groups is 1. The number of rotatable bonds is 3. The van der Waals surface area contributed by atoms with E-state index in [4.69, 9.17) is 10.6 Å². The van der Waals surface area contributed by atoms with Crippen molar-refractivity contribution in [1.82, 2.24) is 15.2 Å². The van der Waals surface area contributed by atoms with Gasteiger partial charge in [-0.2, -0.15) is 5.12 Å². The molecule has 0 aliphatic carbocycles. The molecule has 0 aromatic rings. The summed E-state index contributed by atoms with van der Waals surface area (Å²) in [5.74, 6) is 5.39. The maximum Gasteiger partial charge on any atom is 0.440 e. The summed E-state index contributed by atoms with van der Waals surface area (Å²) in [4.78, 5) is 11.2. The van der Waals surface area contributed by atoms with Crippen LogP contribution in [0.2, 0.25) is 0 Å². The van der Waals surface area contributed by atoms with Crippen LogP contribution in [-0.4, -0.2) is 49.1 Å². The summed E-state index contributed by atoms with van der Waals surface area (Å²) >= 11 is 0. The molecule has 0 aliphatic heterocycles. The predicted molar refractivity (Wildman–Crippen MR) is 44.5 cm³/mol. The number of ether oxygens (including phenoxy) is 1. The lowest BCUT2D eigenvalue weighted by Crippen LogP contribution is -2.54. The number of hydrogen-bond acceptors (Lipinski definition) is 5. The van der Waals surface area contributed by atoms with E-state index >= 15 is 0 Å². The molecule has 12 heavy (non-hydrogen) atoms. The van der Waals surface area contributed by atoms with E-state index in [1.807, 2.05) is 0 Å². The van der Waals surface area contributed by atoms with Crippen LogP contribution in [0.3, 0.4) is 0 Å². The van der Waals surface area contributed by atoms with Crippen molar-refractivity contribution >= 4 is 6.09 Å². The second-order valence-electron chi connectivity index (χ2n) is 2.41. The molecule has 0 rings (SSSR count). The first-order valence-corrected chi connectivity index (χ1v) is 3.63. The summed E-state index contributed by atoms with van der Waals surface area (Å²) in [6.45, 7) is 2.07. The molecule has 0 spiro atoms. The van der Waals surface area contributed by atoms with E-state index in [1.165, 1.54) is 10.1 Å². The van der Waals surface area contributed by atoms with E-state index < -0.39 is 6.09 Å². The Balaban J connectivity index is 4.20. The molecule has 72 valence electrons. The second-order valence-corrected chi connectivity index (χ2v) is 2.41. The largest absolute Gasteiger partial charge is 0.448 e. The van der Waals surface area contributed by atoms with Gasteiger partial charge in [0.05, 0.1) is 6.61 Å². The Morgan fingerprint density at radius 1 is 1.42 bits per heavy atom. The van der Waals surface area contributed by atoms with Crippen molar-refractivity contribution in [3.8, 4) is 0 Å². The minimum absolute atomic E-state index is 0.330. The summed E-state index contributed by atoms with van der Waals surface area (Å²) in [6.07, 6.45) is -0.493. The molecule has 6 nitrogen and oxygen atoms in total. The van der Waals surface area contributed by atoms with Crippen molar-refractivity contribution in [3.63, 3.8) is 0 Å². The van der Waals surface area contributed by atoms with Crippen LogP contribution in [0.4, 0.5) is 4.79 Å². The minimum atomic E-state index is -0.493. The Hall–Kier alpha value is -0.850. The fourth-order valence-electron chi connectivity index (χ4n) is 0.755. The smallest absolute Gasteiger partial charge is 0.440 e. The molecule has 0 heterocycles. The van der Waals surface area contributed by atoms with E-state index in [0.717, 1.165) is 5.12 Å². The summed E-state index contributed by atoms with van der Waals surface area (Å²) in [5.41, 5.74) is 0. The molecule has 0 aliphatic rings. The fourth-order valence-corrected chi connectivity index (χ4v) is 0.755. The molecule has 0 fully saturated rings. The first-order chi connectivity index (χ1) is 5.50. The van der Waals surface area contributed by atoms with Gasteiger partial charge in [0.1, 0.15) is 0 Å². The van der Waals surface area contributed by atoms with Crippen molar-refractivity contribution in [2.75, 3.05) is 27.7 Å². The maximum atomic E-state index is 11.2. The zero-order valence-corrected chi connectivity index (χ0v) is 7.94. The number of hydrazine groups is 3. The second kappa shape index (κ2) is 4.91. The third kappa shape index (κ3) is 3.04. The molecule has 0 saturated heterocycles. The molecule has 6 heteroatoms. The van der Waals surface area contributed by atoms with Gasteiger partial charge in [0.25, 0.3) is 0 Å². The summed E-state index contributed by atoms with van der Waals surface area (Å²) in [7, 11) is 4.94. The molecule has 0 radical (unpaired) electrons. The Labute approximate surface area is 72.4 Å². The normalized spacial score (nSPS) is 10.6. The van der Waals surface area contributed by atoms with Gasteiger partial charge in [-0.3, -0.25) is 0 Å². The van der Waals surface area contributed by atoms with E-state index in [0.29, 0.717) is 6.61 Å². The lowest BCUT2D eigenvalue weighted by Gasteiger charge is -2.31. The average Bonchev–Trinajstić information content (AvgIpc) is 1.85. The first-order valence-electron chi connectivity index (χ1n) is 3.63. The highest BCUT2D eigenvalue weighted by atomic mass is 16.6. The van der Waals surface area contributed by atoms with Crippen LogP contribution in [0.5, 0.6) is 0 Å². The van der Waals surface area contributed by atoms with Gasteiger partial charge in [-0.05, 0) is 6.92 Å². The molecule has 1 amide bonds. The van der Waals surface area contributed by atoms with Crippen LogP contribution in [0.15, 0.2) is 0 Å². The summed E-state index contributed by atoms with van der Waals surface area (Å²) < 4.78 is 4.75. The lowest BCUT2D eigenvalue weighted by molar-refractivity contribution is -0.124. The van der Waals surface area contributed by atoms with Crippen LogP contribution in [-0.2, 0) is 4.74 Å². The number of carbonyl (C=O) groups excluding carboxylic acids is 1. The fraction of sp³-hybridized carbons (Fsp3) is 0.833. The van der Waals surface area contributed by atoms with E-state index in [2.05, 4.69) is 0 Å². The van der Waals surface area contributed by atoms with E-state index in [-0.39, 0.29) is 0 Å². The van der Waals surface area contributed by atoms with Crippen molar-refractivity contribution in [1.29, 1.82) is 0 Å². The van der Waals surface area contributed by atoms with Crippen molar-refractivity contribution in [3.05, 3.63) is 0 Å². The van der Waals surface area contributed by atoms with Crippen molar-refractivity contribution < 1.29 is 9.53 Å². The quantitative estimate of drug-likeness (QED) is 0.470. The maximum absolute atomic E-state index is 11.2. The average molecular weight is 176 g/mol. The highest BCUT2D eigenvalue weighted by molar-refractivity contribution is 5.66. The van der Waals surface area contributed by atoms with Gasteiger partial charge in [-0.1, -0.05) is 0 Å². The monoisotopic (exact) mass is 176 g/mol. The zero-order valence-electron chi connectivity index (χ0n) is 7.94. The van der Waals surface area contributed by atoms with Gasteiger partial charge < -0.3 is 4.74 Å². The molecule has 0 aromatic carbocycles. The van der Waals surface area contributed by atoms with Crippen LogP contribution in [0, 0.1) is 0 Å². The molecule has 2 N–H and O–H groups in total. The highest BCUT2D eigenvalue weighted by Crippen LogP contribution is 1.96. The van der Waals surface area contributed by atoms with Gasteiger partial charge in [0, 0.05) is 21.1 Å². The predicted octanol–water partition coefficient (Wildman–Crippen LogP) is -0.358. The van der Waals surface area contributed by atoms with Gasteiger partial charge >= 0.3 is 6.09 Å². The number of amides is 1. The molecule has 0 aromatic heterocycles. The van der Waals surface area contributed by atoms with Gasteiger partial charge in [0.2, 0.25) is 0 Å². The summed E-state index contributed by atoms with van der Waals surface area (Å²) in [5, 5.41) is 3.85. The minimum Gasteiger partial charge on any atom is -0.448 e. The van der Waals surface area contributed by atoms with Crippen molar-refractivity contribution in [2.45, 2.75) is 6.92 Å². The van der Waals surface area contributed by atoms with Crippen molar-refractivity contribution in [2.24, 2.45) is 5.84 Å². The van der Waals surface area contributed by atoms with Crippen LogP contribution in [0.1, 0.15) is 6.92 Å². The van der Waals surface area contributed by atoms with Gasteiger partial charge in [-0.25, -0.2) is 15.6 Å². The Morgan fingerprint density at radius 2 is 1.92 bits per heavy atom. The SMILES string of the molecule is CCOC(=O)N(N(C)C)N(C)N. The third-order valence-corrected chi connectivity index (χ3v) is 1.11. The third-order valence-electron chi connectivity index (χ3n) is 1.11. The standard InChI is InChI=1S/C6H16N4O2/c1-5-12-6(11)10(8(2)3)9(4)7/h5,7H2,1-4H3. The molecule has 0 atom stereocenters. The van der Waals surface area contributed by atoms with E-state index in [9.17, 15) is 4.79 Å². The highest BCUT2D eigenvalue weighted by Gasteiger charge is 2.19. The molecule has 0 saturated carbocycles. The summed E-state index contributed by atoms with van der Waals surface area (Å²) in [6, 6.07) is 0. The topological polar surface area (TPSA) is 62.0 Å². The molecular weight excluding hydrogens is 160 g/mol. The Kier molecular flexibility index (Phi) is 4.57. The van der Waals surface area contributed by atoms with Gasteiger partial charge in [-0.15, -0.1) is 5.12 Å². The van der Waals surface area contributed by atoms with Crippen LogP contribution >= 0.6 is 0 Å².